The average Bonchev–Trinajstić information content (AvgIpc) is 3.20. The molecule has 0 bridgehead atoms. The summed E-state index contributed by atoms with van der Waals surface area (Å²) < 4.78 is 2.07. The lowest BCUT2D eigenvalue weighted by Gasteiger charge is -2.22. The first kappa shape index (κ1) is 16.7. The van der Waals surface area contributed by atoms with Crippen LogP contribution in [-0.4, -0.2) is 31.6 Å². The van der Waals surface area contributed by atoms with E-state index in [2.05, 4.69) is 20.1 Å². The maximum Gasteiger partial charge on any atom is 0.325 e. The predicted molar refractivity (Wildman–Crippen MR) is 98.1 cm³/mol. The number of aryl methyl sites for hydroxylation is 2. The van der Waals surface area contributed by atoms with Gasteiger partial charge in [-0.1, -0.05) is 24.1 Å². The van der Waals surface area contributed by atoms with Crippen LogP contribution in [0.2, 0.25) is 5.02 Å². The number of nitrogens with zero attached hydrogens (tertiary/aromatic N) is 4. The zero-order valence-corrected chi connectivity index (χ0v) is 15.6. The van der Waals surface area contributed by atoms with Crippen LogP contribution in [0.25, 0.3) is 0 Å². The fraction of sp³-hybridized carbons (Fsp3) is 0.474. The third-order valence-electron chi connectivity index (χ3n) is 5.96. The van der Waals surface area contributed by atoms with Gasteiger partial charge in [0, 0.05) is 18.0 Å². The number of carbonyl (C=O) groups is 2. The molecule has 3 amide bonds. The maximum absolute atomic E-state index is 13.3. The van der Waals surface area contributed by atoms with Gasteiger partial charge in [0.25, 0.3) is 5.91 Å². The highest BCUT2D eigenvalue weighted by Crippen LogP contribution is 2.42. The fourth-order valence-corrected chi connectivity index (χ4v) is 4.76. The van der Waals surface area contributed by atoms with Crippen LogP contribution in [0.1, 0.15) is 48.5 Å². The van der Waals surface area contributed by atoms with Crippen molar-refractivity contribution in [1.82, 2.24) is 25.0 Å². The Balaban J connectivity index is 1.46. The molecule has 1 aromatic heterocycles. The number of carbonyl (C=O) groups excluding carboxylic acids is 2. The number of aromatic nitrogens is 3. The third kappa shape index (κ3) is 2.48. The summed E-state index contributed by atoms with van der Waals surface area (Å²) in [7, 11) is 0. The van der Waals surface area contributed by atoms with Gasteiger partial charge >= 0.3 is 6.03 Å². The summed E-state index contributed by atoms with van der Waals surface area (Å²) in [6, 6.07) is 5.14. The number of fused-ring (bicyclic) bond motifs is 3. The van der Waals surface area contributed by atoms with Crippen molar-refractivity contribution < 1.29 is 9.59 Å². The lowest BCUT2D eigenvalue weighted by atomic mass is 9.92. The molecule has 1 fully saturated rings. The van der Waals surface area contributed by atoms with E-state index >= 15 is 0 Å². The van der Waals surface area contributed by atoms with E-state index in [1.165, 1.54) is 4.90 Å². The quantitative estimate of drug-likeness (QED) is 0.805. The smallest absolute Gasteiger partial charge is 0.319 e. The van der Waals surface area contributed by atoms with E-state index in [9.17, 15) is 9.59 Å². The van der Waals surface area contributed by atoms with Crippen molar-refractivity contribution in [2.45, 2.75) is 57.2 Å². The lowest BCUT2D eigenvalue weighted by molar-refractivity contribution is -0.132. The normalized spacial score (nSPS) is 24.1. The van der Waals surface area contributed by atoms with E-state index in [1.54, 1.807) is 6.07 Å². The number of nitrogens with one attached hydrogen (secondary N) is 1. The van der Waals surface area contributed by atoms with Crippen LogP contribution in [-0.2, 0) is 36.3 Å². The molecule has 1 unspecified atom stereocenters. The number of rotatable bonds is 2. The first-order valence-electron chi connectivity index (χ1n) is 9.42. The van der Waals surface area contributed by atoms with E-state index < -0.39 is 5.54 Å². The van der Waals surface area contributed by atoms with Gasteiger partial charge in [-0.3, -0.25) is 9.69 Å². The summed E-state index contributed by atoms with van der Waals surface area (Å²) in [6.45, 7) is 0.996. The predicted octanol–water partition coefficient (Wildman–Crippen LogP) is 2.55. The van der Waals surface area contributed by atoms with Gasteiger partial charge in [-0.15, -0.1) is 10.2 Å². The second kappa shape index (κ2) is 6.05. The molecule has 1 spiro atoms. The Hall–Kier alpha value is -2.41. The minimum absolute atomic E-state index is 0.155. The Labute approximate surface area is 161 Å². The number of imide groups is 1. The molecular weight excluding hydrogens is 366 g/mol. The minimum atomic E-state index is -0.974. The number of hydrogen-bond donors (Lipinski definition) is 1. The van der Waals surface area contributed by atoms with Crippen LogP contribution < -0.4 is 5.32 Å². The van der Waals surface area contributed by atoms with Crippen LogP contribution >= 0.6 is 11.6 Å². The molecule has 1 aliphatic carbocycles. The highest BCUT2D eigenvalue weighted by molar-refractivity contribution is 6.30. The van der Waals surface area contributed by atoms with Crippen LogP contribution in [0.15, 0.2) is 18.2 Å². The second-order valence-electron chi connectivity index (χ2n) is 7.52. The number of benzene rings is 1. The summed E-state index contributed by atoms with van der Waals surface area (Å²) in [4.78, 5) is 27.3. The van der Waals surface area contributed by atoms with Gasteiger partial charge in [0.15, 0.2) is 5.82 Å². The van der Waals surface area contributed by atoms with E-state index in [0.29, 0.717) is 17.3 Å². The molecule has 1 aromatic carbocycles. The first-order valence-corrected chi connectivity index (χ1v) is 9.80. The van der Waals surface area contributed by atoms with Gasteiger partial charge in [-0.05, 0) is 48.9 Å². The van der Waals surface area contributed by atoms with Crippen molar-refractivity contribution in [3.63, 3.8) is 0 Å². The Kier molecular flexibility index (Phi) is 3.75. The average molecular weight is 386 g/mol. The second-order valence-corrected chi connectivity index (χ2v) is 7.96. The van der Waals surface area contributed by atoms with Crippen LogP contribution in [0, 0.1) is 0 Å². The summed E-state index contributed by atoms with van der Waals surface area (Å²) in [5.41, 5.74) is 0.903. The zero-order valence-electron chi connectivity index (χ0n) is 14.9. The van der Waals surface area contributed by atoms with Crippen molar-refractivity contribution in [3.05, 3.63) is 46.0 Å². The molecule has 2 aromatic rings. The molecular formula is C19H20ClN5O2. The van der Waals surface area contributed by atoms with E-state index in [-0.39, 0.29) is 18.5 Å². The highest BCUT2D eigenvalue weighted by Gasteiger charge is 2.55. The summed E-state index contributed by atoms with van der Waals surface area (Å²) in [5.74, 6) is 1.42. The topological polar surface area (TPSA) is 80.1 Å². The molecule has 1 atom stereocenters. The molecule has 7 nitrogen and oxygen atoms in total. The molecule has 27 heavy (non-hydrogen) atoms. The van der Waals surface area contributed by atoms with Gasteiger partial charge in [0.2, 0.25) is 0 Å². The van der Waals surface area contributed by atoms with Crippen LogP contribution in [0.4, 0.5) is 4.79 Å². The van der Waals surface area contributed by atoms with Crippen molar-refractivity contribution in [3.8, 4) is 0 Å². The summed E-state index contributed by atoms with van der Waals surface area (Å²) >= 11 is 6.09. The van der Waals surface area contributed by atoms with Gasteiger partial charge in [-0.25, -0.2) is 4.79 Å². The Morgan fingerprint density at radius 1 is 1.15 bits per heavy atom. The monoisotopic (exact) mass is 385 g/mol. The molecule has 3 heterocycles. The van der Waals surface area contributed by atoms with Crippen molar-refractivity contribution in [2.75, 3.05) is 0 Å². The Bertz CT molecular complexity index is 956. The molecule has 3 aliphatic rings. The molecule has 8 heteroatoms. The molecule has 2 aliphatic heterocycles. The SMILES string of the molecule is O=C1NC2(CCc3cc(Cl)ccc32)C(=O)N1Cc1nnc2n1CCCCC2. The third-order valence-corrected chi connectivity index (χ3v) is 6.19. The Morgan fingerprint density at radius 2 is 2.04 bits per heavy atom. The van der Waals surface area contributed by atoms with E-state index in [4.69, 9.17) is 11.6 Å². The maximum atomic E-state index is 13.3. The van der Waals surface area contributed by atoms with Gasteiger partial charge in [-0.2, -0.15) is 0 Å². The van der Waals surface area contributed by atoms with E-state index in [0.717, 1.165) is 55.6 Å². The van der Waals surface area contributed by atoms with Crippen molar-refractivity contribution in [2.24, 2.45) is 0 Å². The molecule has 1 saturated heterocycles. The molecule has 5 rings (SSSR count). The Morgan fingerprint density at radius 3 is 2.93 bits per heavy atom. The molecule has 0 saturated carbocycles. The number of hydrogen-bond acceptors (Lipinski definition) is 4. The lowest BCUT2D eigenvalue weighted by Crippen LogP contribution is -2.41. The molecule has 0 radical (unpaired) electrons. The summed E-state index contributed by atoms with van der Waals surface area (Å²) in [6.07, 6.45) is 5.50. The van der Waals surface area contributed by atoms with Gasteiger partial charge < -0.3 is 9.88 Å². The van der Waals surface area contributed by atoms with Crippen LogP contribution in [0.5, 0.6) is 0 Å². The highest BCUT2D eigenvalue weighted by atomic mass is 35.5. The van der Waals surface area contributed by atoms with Gasteiger partial charge in [0.1, 0.15) is 11.4 Å². The fourth-order valence-electron chi connectivity index (χ4n) is 4.57. The van der Waals surface area contributed by atoms with Crippen molar-refractivity contribution >= 4 is 23.5 Å². The minimum Gasteiger partial charge on any atom is -0.319 e. The summed E-state index contributed by atoms with van der Waals surface area (Å²) in [5, 5.41) is 12.1. The first-order chi connectivity index (χ1) is 13.1. The van der Waals surface area contributed by atoms with Crippen molar-refractivity contribution in [1.29, 1.82) is 0 Å². The van der Waals surface area contributed by atoms with E-state index in [1.807, 2.05) is 12.1 Å². The standard InChI is InChI=1S/C19H20ClN5O2/c20-13-5-6-14-12(10-13)7-8-19(14)17(26)25(18(27)21-19)11-16-23-22-15-4-2-1-3-9-24(15)16/h5-6,10H,1-4,7-9,11H2,(H,21,27). The van der Waals surface area contributed by atoms with Crippen LogP contribution in [0.3, 0.4) is 0 Å². The van der Waals surface area contributed by atoms with Gasteiger partial charge in [0.05, 0.1) is 6.54 Å². The number of halogens is 1. The largest absolute Gasteiger partial charge is 0.325 e. The number of amides is 3. The molecule has 1 N–H and O–H groups in total. The number of urea groups is 1. The zero-order chi connectivity index (χ0) is 18.6. The molecule has 140 valence electrons.